The van der Waals surface area contributed by atoms with Gasteiger partial charge in [-0.3, -0.25) is 9.20 Å². The summed E-state index contributed by atoms with van der Waals surface area (Å²) in [7, 11) is 0. The van der Waals surface area contributed by atoms with E-state index in [9.17, 15) is 9.59 Å². The molecule has 0 saturated carbocycles. The molecule has 0 atom stereocenters. The number of fused-ring (bicyclic) bond motifs is 5. The molecule has 0 bridgehead atoms. The Kier molecular flexibility index (Phi) is 2.35. The number of carbonyl (C=O) groups excluding carboxylic acids is 1. The third-order valence-corrected chi connectivity index (χ3v) is 3.62. The molecule has 4 rings (SSSR count). The summed E-state index contributed by atoms with van der Waals surface area (Å²) < 4.78 is 6.72. The largest absolute Gasteiger partial charge is 0.426 e. The van der Waals surface area contributed by atoms with E-state index in [1.54, 1.807) is 0 Å². The molecule has 0 aliphatic rings. The number of carbonyl (C=O) groups is 1. The number of nitrogens with one attached hydrogen (secondary N) is 1. The van der Waals surface area contributed by atoms with E-state index in [1.165, 1.54) is 4.40 Å². The molecule has 0 saturated heterocycles. The lowest BCUT2D eigenvalue weighted by atomic mass is 10.2. The van der Waals surface area contributed by atoms with Crippen LogP contribution >= 0.6 is 0 Å². The molecule has 2 aromatic carbocycles. The Balaban J connectivity index is 2.40. The minimum absolute atomic E-state index is 0.263. The van der Waals surface area contributed by atoms with Crippen molar-refractivity contribution >= 4 is 33.8 Å². The number of rotatable bonds is 2. The molecular formula is C16H10N2O3. The van der Waals surface area contributed by atoms with Crippen molar-refractivity contribution in [2.75, 3.05) is 0 Å². The van der Waals surface area contributed by atoms with Gasteiger partial charge in [0.2, 0.25) is 0 Å². The fraction of sp³-hybridized carbons (Fsp3) is 0. The van der Waals surface area contributed by atoms with Gasteiger partial charge in [-0.1, -0.05) is 30.3 Å². The van der Waals surface area contributed by atoms with Crippen molar-refractivity contribution in [2.24, 2.45) is 0 Å². The second kappa shape index (κ2) is 4.21. The van der Waals surface area contributed by atoms with Gasteiger partial charge < -0.3 is 9.72 Å². The van der Waals surface area contributed by atoms with E-state index in [-0.39, 0.29) is 5.69 Å². The minimum atomic E-state index is -0.263. The van der Waals surface area contributed by atoms with Gasteiger partial charge in [0.25, 0.3) is 6.47 Å². The van der Waals surface area contributed by atoms with Crippen molar-refractivity contribution in [2.45, 2.75) is 0 Å². The van der Waals surface area contributed by atoms with Crippen LogP contribution in [0.2, 0.25) is 0 Å². The van der Waals surface area contributed by atoms with Gasteiger partial charge in [-0.05, 0) is 18.2 Å². The highest BCUT2D eigenvalue weighted by molar-refractivity contribution is 6.07. The zero-order valence-electron chi connectivity index (χ0n) is 10.9. The summed E-state index contributed by atoms with van der Waals surface area (Å²) in [5, 5.41) is 1.55. The van der Waals surface area contributed by atoms with E-state index in [2.05, 4.69) is 4.98 Å². The number of hydrogen-bond donors (Lipinski definition) is 1. The third kappa shape index (κ3) is 1.51. The highest BCUT2D eigenvalue weighted by Gasteiger charge is 2.17. The standard InChI is InChI=1S/C16H10N2O3/c19-9-21-15-11-6-2-4-8-13(11)18-14(15)10-5-1-3-7-12(10)17-16(18)20/h1-9H,(H,17,20). The van der Waals surface area contributed by atoms with E-state index in [0.29, 0.717) is 28.8 Å². The first kappa shape index (κ1) is 11.7. The van der Waals surface area contributed by atoms with Gasteiger partial charge in [-0.2, -0.15) is 0 Å². The lowest BCUT2D eigenvalue weighted by Gasteiger charge is -2.03. The van der Waals surface area contributed by atoms with Crippen LogP contribution in [0.4, 0.5) is 0 Å². The monoisotopic (exact) mass is 278 g/mol. The van der Waals surface area contributed by atoms with E-state index in [0.717, 1.165) is 10.8 Å². The van der Waals surface area contributed by atoms with Crippen LogP contribution in [-0.4, -0.2) is 15.9 Å². The molecule has 0 fully saturated rings. The van der Waals surface area contributed by atoms with Crippen LogP contribution in [0.1, 0.15) is 0 Å². The topological polar surface area (TPSA) is 63.6 Å². The van der Waals surface area contributed by atoms with E-state index >= 15 is 0 Å². The van der Waals surface area contributed by atoms with Crippen molar-refractivity contribution in [1.82, 2.24) is 9.38 Å². The van der Waals surface area contributed by atoms with Crippen molar-refractivity contribution in [3.05, 3.63) is 59.0 Å². The molecule has 2 heterocycles. The Hall–Kier alpha value is -3.08. The van der Waals surface area contributed by atoms with Gasteiger partial charge in [0.1, 0.15) is 5.52 Å². The van der Waals surface area contributed by atoms with Crippen LogP contribution in [0.15, 0.2) is 53.3 Å². The first-order valence-corrected chi connectivity index (χ1v) is 6.46. The fourth-order valence-electron chi connectivity index (χ4n) is 2.80. The zero-order chi connectivity index (χ0) is 14.4. The van der Waals surface area contributed by atoms with Crippen molar-refractivity contribution in [3.63, 3.8) is 0 Å². The predicted molar refractivity (Wildman–Crippen MR) is 79.7 cm³/mol. The Morgan fingerprint density at radius 2 is 1.71 bits per heavy atom. The maximum absolute atomic E-state index is 12.4. The van der Waals surface area contributed by atoms with Gasteiger partial charge in [0.05, 0.1) is 11.0 Å². The summed E-state index contributed by atoms with van der Waals surface area (Å²) in [4.78, 5) is 26.1. The second-order valence-corrected chi connectivity index (χ2v) is 4.72. The summed E-state index contributed by atoms with van der Waals surface area (Å²) in [6.07, 6.45) is 0. The number of benzene rings is 2. The number of hydrogen-bond acceptors (Lipinski definition) is 3. The maximum atomic E-state index is 12.4. The lowest BCUT2D eigenvalue weighted by molar-refractivity contribution is -0.120. The van der Waals surface area contributed by atoms with Crippen LogP contribution in [0.5, 0.6) is 5.75 Å². The van der Waals surface area contributed by atoms with Crippen molar-refractivity contribution in [1.29, 1.82) is 0 Å². The van der Waals surface area contributed by atoms with Crippen LogP contribution < -0.4 is 10.4 Å². The van der Waals surface area contributed by atoms with Crippen molar-refractivity contribution < 1.29 is 9.53 Å². The molecule has 21 heavy (non-hydrogen) atoms. The summed E-state index contributed by atoms with van der Waals surface area (Å²) >= 11 is 0. The van der Waals surface area contributed by atoms with Gasteiger partial charge >= 0.3 is 5.69 Å². The van der Waals surface area contributed by atoms with E-state index < -0.39 is 0 Å². The fourth-order valence-corrected chi connectivity index (χ4v) is 2.80. The first-order chi connectivity index (χ1) is 10.3. The summed E-state index contributed by atoms with van der Waals surface area (Å²) in [6, 6.07) is 14.8. The van der Waals surface area contributed by atoms with Gasteiger partial charge in [0.15, 0.2) is 5.75 Å². The molecule has 0 aliphatic heterocycles. The zero-order valence-corrected chi connectivity index (χ0v) is 10.9. The smallest absolute Gasteiger partial charge is 0.331 e. The van der Waals surface area contributed by atoms with Crippen LogP contribution in [0.25, 0.3) is 27.3 Å². The Bertz CT molecular complexity index is 1060. The average Bonchev–Trinajstić information content (AvgIpc) is 2.84. The number of ether oxygens (including phenoxy) is 1. The molecule has 0 radical (unpaired) electrons. The van der Waals surface area contributed by atoms with Gasteiger partial charge in [0, 0.05) is 10.8 Å². The van der Waals surface area contributed by atoms with Gasteiger partial charge in [-0.15, -0.1) is 0 Å². The van der Waals surface area contributed by atoms with Crippen LogP contribution in [0, 0.1) is 0 Å². The number of nitrogens with zero attached hydrogens (tertiary/aromatic N) is 1. The molecule has 0 aliphatic carbocycles. The molecular weight excluding hydrogens is 268 g/mol. The van der Waals surface area contributed by atoms with Crippen LogP contribution in [-0.2, 0) is 4.79 Å². The first-order valence-electron chi connectivity index (χ1n) is 6.46. The maximum Gasteiger partial charge on any atom is 0.331 e. The molecule has 5 nitrogen and oxygen atoms in total. The van der Waals surface area contributed by atoms with E-state index in [1.807, 2.05) is 48.5 Å². The lowest BCUT2D eigenvalue weighted by Crippen LogP contribution is -2.15. The number of aromatic nitrogens is 2. The highest BCUT2D eigenvalue weighted by atomic mass is 16.5. The predicted octanol–water partition coefficient (Wildman–Crippen LogP) is 2.47. The summed E-state index contributed by atoms with van der Waals surface area (Å²) in [5.74, 6) is 0.405. The molecule has 5 heteroatoms. The molecule has 0 amide bonds. The quantitative estimate of drug-likeness (QED) is 0.573. The number of para-hydroxylation sites is 2. The number of H-pyrrole nitrogens is 1. The Morgan fingerprint density at radius 1 is 1.00 bits per heavy atom. The molecule has 2 aromatic heterocycles. The minimum Gasteiger partial charge on any atom is -0.426 e. The Labute approximate surface area is 118 Å². The SMILES string of the molecule is O=COc1c2ccccc2n2c(=O)[nH]c3ccccc3c12. The normalized spacial score (nSPS) is 11.2. The van der Waals surface area contributed by atoms with E-state index in [4.69, 9.17) is 4.74 Å². The number of aromatic amines is 1. The van der Waals surface area contributed by atoms with Gasteiger partial charge in [-0.25, -0.2) is 4.79 Å². The summed E-state index contributed by atoms with van der Waals surface area (Å²) in [5.41, 5.74) is 1.74. The molecule has 0 spiro atoms. The molecule has 102 valence electrons. The average molecular weight is 278 g/mol. The van der Waals surface area contributed by atoms with Crippen molar-refractivity contribution in [3.8, 4) is 5.75 Å². The highest BCUT2D eigenvalue weighted by Crippen LogP contribution is 2.35. The molecule has 1 N–H and O–H groups in total. The summed E-state index contributed by atoms with van der Waals surface area (Å²) in [6.45, 7) is 0.387. The molecule has 0 unspecified atom stereocenters. The third-order valence-electron chi connectivity index (χ3n) is 3.62. The molecule has 4 aromatic rings. The van der Waals surface area contributed by atoms with Crippen LogP contribution in [0.3, 0.4) is 0 Å². The Morgan fingerprint density at radius 3 is 2.52 bits per heavy atom. The second-order valence-electron chi connectivity index (χ2n) is 4.72.